The molecular formula is C14H22ClN7O3. The molecule has 11 heteroatoms. The van der Waals surface area contributed by atoms with Gasteiger partial charge in [0, 0.05) is 12.0 Å². The lowest BCUT2D eigenvalue weighted by atomic mass is 9.95. The number of nitrogens with one attached hydrogen (secondary N) is 1. The maximum atomic E-state index is 12.1. The lowest BCUT2D eigenvalue weighted by molar-refractivity contribution is -0.128. The topological polar surface area (TPSA) is 174 Å². The Hall–Kier alpha value is -2.56. The van der Waals surface area contributed by atoms with E-state index in [1.54, 1.807) is 20.8 Å². The van der Waals surface area contributed by atoms with Gasteiger partial charge in [0.2, 0.25) is 5.91 Å². The van der Waals surface area contributed by atoms with Gasteiger partial charge in [0.05, 0.1) is 16.4 Å². The maximum Gasteiger partial charge on any atom is 0.333 e. The van der Waals surface area contributed by atoms with E-state index in [9.17, 15) is 14.4 Å². The zero-order chi connectivity index (χ0) is 19.5. The summed E-state index contributed by atoms with van der Waals surface area (Å²) in [5.74, 6) is 11.0. The van der Waals surface area contributed by atoms with Crippen molar-refractivity contribution in [2.45, 2.75) is 27.3 Å². The summed E-state index contributed by atoms with van der Waals surface area (Å²) in [6, 6.07) is 0.794. The molecule has 0 aliphatic rings. The van der Waals surface area contributed by atoms with E-state index < -0.39 is 17.5 Å². The van der Waals surface area contributed by atoms with E-state index in [4.69, 9.17) is 34.8 Å². The van der Waals surface area contributed by atoms with Crippen LogP contribution in [-0.4, -0.2) is 18.0 Å². The van der Waals surface area contributed by atoms with Gasteiger partial charge in [0.15, 0.2) is 0 Å². The van der Waals surface area contributed by atoms with E-state index in [1.807, 2.05) is 0 Å². The van der Waals surface area contributed by atoms with Crippen molar-refractivity contribution < 1.29 is 14.4 Å². The molecule has 0 aliphatic carbocycles. The Balaban J connectivity index is 3.33. The number of nitrogens with two attached hydrogens (primary N) is 4. The number of benzene rings is 1. The number of nitrogens with zero attached hydrogens (tertiary/aromatic N) is 2. The van der Waals surface area contributed by atoms with Crippen LogP contribution >= 0.6 is 11.6 Å². The van der Waals surface area contributed by atoms with E-state index in [1.165, 1.54) is 12.1 Å². The molecular weight excluding hydrogens is 350 g/mol. The molecule has 138 valence electrons. The van der Waals surface area contributed by atoms with Crippen molar-refractivity contribution in [1.29, 1.82) is 0 Å². The normalized spacial score (nSPS) is 11.0. The van der Waals surface area contributed by atoms with Gasteiger partial charge in [-0.15, -0.1) is 0 Å². The van der Waals surface area contributed by atoms with Crippen molar-refractivity contribution in [2.24, 2.45) is 28.6 Å². The Bertz CT molecular complexity index is 702. The maximum absolute atomic E-state index is 12.1. The quantitative estimate of drug-likeness (QED) is 0.294. The van der Waals surface area contributed by atoms with Crippen LogP contribution in [0.3, 0.4) is 0 Å². The Kier molecular flexibility index (Phi) is 6.19. The summed E-state index contributed by atoms with van der Waals surface area (Å²) in [5.41, 5.74) is 10.3. The zero-order valence-electron chi connectivity index (χ0n) is 14.2. The molecule has 0 saturated carbocycles. The standard InChI is InChI=1S/C14H22ClN7O3/c1-14(2,3)11(23)20-6-7-4-10(22(19)13(17)25)8(15)5-9(7)21(18)12(16)24/h4-5H,6,18-19H2,1-3H3,(H2,16,24)(H2,17,25)(H,20,23). The molecule has 0 saturated heterocycles. The number of hydrogen-bond donors (Lipinski definition) is 5. The predicted molar refractivity (Wildman–Crippen MR) is 95.3 cm³/mol. The average molecular weight is 372 g/mol. The first-order valence-electron chi connectivity index (χ1n) is 7.15. The molecule has 5 amide bonds. The van der Waals surface area contributed by atoms with Crippen molar-refractivity contribution in [3.63, 3.8) is 0 Å². The number of rotatable bonds is 4. The molecule has 1 aromatic carbocycles. The number of carbonyl (C=O) groups is 3. The average Bonchev–Trinajstić information content (AvgIpc) is 2.50. The summed E-state index contributed by atoms with van der Waals surface area (Å²) in [6.45, 7) is 5.21. The highest BCUT2D eigenvalue weighted by Crippen LogP contribution is 2.32. The molecule has 0 aliphatic heterocycles. The molecule has 0 heterocycles. The van der Waals surface area contributed by atoms with Gasteiger partial charge in [-0.2, -0.15) is 0 Å². The van der Waals surface area contributed by atoms with Crippen LogP contribution < -0.4 is 38.5 Å². The molecule has 0 spiro atoms. The first-order chi connectivity index (χ1) is 11.4. The zero-order valence-corrected chi connectivity index (χ0v) is 14.9. The van der Waals surface area contributed by atoms with E-state index in [-0.39, 0.29) is 28.8 Å². The fraction of sp³-hybridized carbons (Fsp3) is 0.357. The van der Waals surface area contributed by atoms with E-state index >= 15 is 0 Å². The van der Waals surface area contributed by atoms with Gasteiger partial charge in [0.1, 0.15) is 0 Å². The van der Waals surface area contributed by atoms with Crippen LogP contribution in [0.15, 0.2) is 12.1 Å². The summed E-state index contributed by atoms with van der Waals surface area (Å²) in [5, 5.41) is 4.01. The van der Waals surface area contributed by atoms with Crippen LogP contribution in [0.2, 0.25) is 5.02 Å². The van der Waals surface area contributed by atoms with Crippen molar-refractivity contribution in [3.8, 4) is 0 Å². The molecule has 1 rings (SSSR count). The smallest absolute Gasteiger partial charge is 0.333 e. The molecule has 9 N–H and O–H groups in total. The number of urea groups is 2. The Labute approximate surface area is 150 Å². The van der Waals surface area contributed by atoms with E-state index in [0.29, 0.717) is 15.6 Å². The summed E-state index contributed by atoms with van der Waals surface area (Å²) >= 11 is 6.07. The first-order valence-corrected chi connectivity index (χ1v) is 7.53. The van der Waals surface area contributed by atoms with Crippen LogP contribution in [0.4, 0.5) is 21.0 Å². The third-order valence-corrected chi connectivity index (χ3v) is 3.57. The van der Waals surface area contributed by atoms with Gasteiger partial charge in [-0.05, 0) is 17.7 Å². The number of hydrogen-bond acceptors (Lipinski definition) is 5. The Morgan fingerprint density at radius 2 is 1.52 bits per heavy atom. The minimum atomic E-state index is -0.946. The molecule has 0 radical (unpaired) electrons. The number of halogens is 1. The minimum absolute atomic E-state index is 0.0107. The van der Waals surface area contributed by atoms with Gasteiger partial charge in [-0.1, -0.05) is 32.4 Å². The second-order valence-corrected chi connectivity index (χ2v) is 6.69. The second kappa shape index (κ2) is 7.55. The van der Waals surface area contributed by atoms with Gasteiger partial charge < -0.3 is 16.8 Å². The summed E-state index contributed by atoms with van der Waals surface area (Å²) < 4.78 is 0. The number of carbonyl (C=O) groups excluding carboxylic acids is 3. The first kappa shape index (κ1) is 20.5. The van der Waals surface area contributed by atoms with Crippen LogP contribution in [0, 0.1) is 5.41 Å². The SMILES string of the molecule is CC(C)(C)C(=O)NCc1cc(N(N)C(N)=O)c(Cl)cc1N(N)C(N)=O. The third kappa shape index (κ3) is 4.95. The summed E-state index contributed by atoms with van der Waals surface area (Å²) in [6.07, 6.45) is 0. The van der Waals surface area contributed by atoms with Crippen LogP contribution in [0.1, 0.15) is 26.3 Å². The van der Waals surface area contributed by atoms with Gasteiger partial charge in [0.25, 0.3) is 0 Å². The third-order valence-electron chi connectivity index (χ3n) is 3.26. The minimum Gasteiger partial charge on any atom is -0.351 e. The molecule has 10 nitrogen and oxygen atoms in total. The highest BCUT2D eigenvalue weighted by Gasteiger charge is 2.23. The molecule has 0 bridgehead atoms. The van der Waals surface area contributed by atoms with Crippen LogP contribution in [0.25, 0.3) is 0 Å². The Morgan fingerprint density at radius 3 is 1.96 bits per heavy atom. The lowest BCUT2D eigenvalue weighted by Crippen LogP contribution is -2.44. The Morgan fingerprint density at radius 1 is 1.04 bits per heavy atom. The van der Waals surface area contributed by atoms with Crippen LogP contribution in [0.5, 0.6) is 0 Å². The van der Waals surface area contributed by atoms with Gasteiger partial charge in [-0.3, -0.25) is 4.79 Å². The van der Waals surface area contributed by atoms with E-state index in [0.717, 1.165) is 0 Å². The molecule has 0 fully saturated rings. The van der Waals surface area contributed by atoms with Crippen molar-refractivity contribution in [1.82, 2.24) is 5.32 Å². The fourth-order valence-electron chi connectivity index (χ4n) is 1.82. The monoisotopic (exact) mass is 371 g/mol. The van der Waals surface area contributed by atoms with Crippen molar-refractivity contribution in [2.75, 3.05) is 10.0 Å². The summed E-state index contributed by atoms with van der Waals surface area (Å²) in [7, 11) is 0. The number of anilines is 2. The van der Waals surface area contributed by atoms with Crippen molar-refractivity contribution in [3.05, 3.63) is 22.7 Å². The number of primary amides is 2. The second-order valence-electron chi connectivity index (χ2n) is 6.28. The fourth-order valence-corrected chi connectivity index (χ4v) is 2.07. The summed E-state index contributed by atoms with van der Waals surface area (Å²) in [4.78, 5) is 34.7. The van der Waals surface area contributed by atoms with Crippen molar-refractivity contribution >= 4 is 40.9 Å². The molecule has 1 aromatic rings. The molecule has 0 aromatic heterocycles. The lowest BCUT2D eigenvalue weighted by Gasteiger charge is -2.24. The van der Waals surface area contributed by atoms with Gasteiger partial charge in [-0.25, -0.2) is 31.3 Å². The van der Waals surface area contributed by atoms with E-state index in [2.05, 4.69) is 5.32 Å². The highest BCUT2D eigenvalue weighted by molar-refractivity contribution is 6.34. The predicted octanol–water partition coefficient (Wildman–Crippen LogP) is 0.520. The largest absolute Gasteiger partial charge is 0.351 e. The number of amides is 5. The molecule has 25 heavy (non-hydrogen) atoms. The molecule has 0 atom stereocenters. The van der Waals surface area contributed by atoms with Crippen LogP contribution in [-0.2, 0) is 11.3 Å². The molecule has 0 unspecified atom stereocenters. The highest BCUT2D eigenvalue weighted by atomic mass is 35.5. The number of hydrazine groups is 2. The van der Waals surface area contributed by atoms with Gasteiger partial charge >= 0.3 is 12.1 Å².